The number of nitrogens with zero attached hydrogens (tertiary/aromatic N) is 2. The zero-order valence-electron chi connectivity index (χ0n) is 11.3. The zero-order valence-corrected chi connectivity index (χ0v) is 12.1. The summed E-state index contributed by atoms with van der Waals surface area (Å²) in [6, 6.07) is 3.48. The molecule has 8 heteroatoms. The van der Waals surface area contributed by atoms with Crippen molar-refractivity contribution in [3.8, 4) is 0 Å². The molecule has 21 heavy (non-hydrogen) atoms. The maximum atomic E-state index is 12.0. The molecular weight excluding hydrogens is 290 g/mol. The van der Waals surface area contributed by atoms with E-state index < -0.39 is 0 Å². The average Bonchev–Trinajstić information content (AvgIpc) is 3.00. The molecule has 3 N–H and O–H groups in total. The second-order valence-corrected chi connectivity index (χ2v) is 5.95. The van der Waals surface area contributed by atoms with Gasteiger partial charge < -0.3 is 10.6 Å². The Hall–Kier alpha value is -2.22. The topological polar surface area (TPSA) is 99.8 Å². The number of hydrogen-bond donors (Lipinski definition) is 3. The van der Waals surface area contributed by atoms with Gasteiger partial charge in [0.2, 0.25) is 5.91 Å². The van der Waals surface area contributed by atoms with Crippen LogP contribution in [0.25, 0.3) is 0 Å². The van der Waals surface area contributed by atoms with Crippen molar-refractivity contribution < 1.29 is 9.59 Å². The fraction of sp³-hybridized carbons (Fsp3) is 0.385. The van der Waals surface area contributed by atoms with Crippen molar-refractivity contribution in [2.45, 2.75) is 19.3 Å². The molecule has 7 nitrogen and oxygen atoms in total. The van der Waals surface area contributed by atoms with E-state index >= 15 is 0 Å². The maximum Gasteiger partial charge on any atom is 0.261 e. The van der Waals surface area contributed by atoms with Gasteiger partial charge in [-0.05, 0) is 25.0 Å². The van der Waals surface area contributed by atoms with Crippen LogP contribution in [0.3, 0.4) is 0 Å². The predicted octanol–water partition coefficient (Wildman–Crippen LogP) is 1.19. The van der Waals surface area contributed by atoms with Crippen molar-refractivity contribution >= 4 is 28.2 Å². The van der Waals surface area contributed by atoms with Gasteiger partial charge in [0.1, 0.15) is 12.2 Å². The van der Waals surface area contributed by atoms with E-state index in [-0.39, 0.29) is 17.7 Å². The van der Waals surface area contributed by atoms with E-state index in [1.54, 1.807) is 12.1 Å². The third-order valence-corrected chi connectivity index (χ3v) is 4.14. The molecule has 0 aliphatic heterocycles. The second-order valence-electron chi connectivity index (χ2n) is 4.87. The van der Waals surface area contributed by atoms with Gasteiger partial charge >= 0.3 is 0 Å². The summed E-state index contributed by atoms with van der Waals surface area (Å²) in [4.78, 5) is 28.2. The van der Waals surface area contributed by atoms with Crippen molar-refractivity contribution in [1.82, 2.24) is 20.5 Å². The lowest BCUT2D eigenvalue weighted by molar-refractivity contribution is -0.117. The van der Waals surface area contributed by atoms with Crippen LogP contribution in [-0.2, 0) is 11.2 Å². The highest BCUT2D eigenvalue weighted by Gasteiger charge is 2.29. The van der Waals surface area contributed by atoms with Crippen LogP contribution in [0.2, 0.25) is 0 Å². The Labute approximate surface area is 125 Å². The number of carbonyl (C=O) groups excluding carboxylic acids is 2. The summed E-state index contributed by atoms with van der Waals surface area (Å²) >= 11 is 1.28. The number of thiophene rings is 1. The van der Waals surface area contributed by atoms with Gasteiger partial charge in [-0.1, -0.05) is 0 Å². The minimum atomic E-state index is -0.147. The number of rotatable bonds is 6. The smallest absolute Gasteiger partial charge is 0.261 e. The highest BCUT2D eigenvalue weighted by Crippen LogP contribution is 2.31. The van der Waals surface area contributed by atoms with Gasteiger partial charge in [0.25, 0.3) is 5.91 Å². The van der Waals surface area contributed by atoms with Gasteiger partial charge in [0, 0.05) is 18.9 Å². The highest BCUT2D eigenvalue weighted by atomic mass is 32.1. The third kappa shape index (κ3) is 3.66. The molecule has 110 valence electrons. The Morgan fingerprint density at radius 2 is 2.24 bits per heavy atom. The maximum absolute atomic E-state index is 12.0. The largest absolute Gasteiger partial charge is 0.351 e. The van der Waals surface area contributed by atoms with E-state index in [1.165, 1.54) is 17.7 Å². The van der Waals surface area contributed by atoms with Crippen LogP contribution in [0.1, 0.15) is 28.3 Å². The molecule has 0 radical (unpaired) electrons. The van der Waals surface area contributed by atoms with Crippen LogP contribution in [0, 0.1) is 5.92 Å². The molecular formula is C13H15N5O2S. The Balaban J connectivity index is 1.48. The van der Waals surface area contributed by atoms with Gasteiger partial charge in [0.05, 0.1) is 9.88 Å². The summed E-state index contributed by atoms with van der Waals surface area (Å²) in [6.07, 6.45) is 3.96. The Bertz CT molecular complexity index is 633. The molecule has 3 rings (SSSR count). The molecule has 1 fully saturated rings. The fourth-order valence-electron chi connectivity index (χ4n) is 1.83. The fourth-order valence-corrected chi connectivity index (χ4v) is 2.65. The van der Waals surface area contributed by atoms with Gasteiger partial charge in [-0.2, -0.15) is 5.10 Å². The summed E-state index contributed by atoms with van der Waals surface area (Å²) < 4.78 is 0. The molecule has 1 aliphatic rings. The number of carbonyl (C=O) groups is 2. The van der Waals surface area contributed by atoms with Gasteiger partial charge in [-0.3, -0.25) is 14.7 Å². The first-order valence-corrected chi connectivity index (χ1v) is 7.57. The average molecular weight is 305 g/mol. The number of anilines is 1. The molecule has 0 unspecified atom stereocenters. The zero-order chi connectivity index (χ0) is 14.7. The third-order valence-electron chi connectivity index (χ3n) is 3.14. The molecule has 0 bridgehead atoms. The first-order chi connectivity index (χ1) is 10.2. The van der Waals surface area contributed by atoms with Crippen LogP contribution in [0.4, 0.5) is 5.00 Å². The number of amides is 2. The van der Waals surface area contributed by atoms with E-state index in [0.29, 0.717) is 22.8 Å². The quantitative estimate of drug-likeness (QED) is 0.746. The number of aromatic nitrogens is 3. The van der Waals surface area contributed by atoms with Crippen LogP contribution in [0.5, 0.6) is 0 Å². The molecule has 2 heterocycles. The van der Waals surface area contributed by atoms with Crippen molar-refractivity contribution in [3.05, 3.63) is 29.2 Å². The molecule has 0 saturated heterocycles. The highest BCUT2D eigenvalue weighted by molar-refractivity contribution is 7.18. The van der Waals surface area contributed by atoms with Gasteiger partial charge in [-0.25, -0.2) is 4.98 Å². The van der Waals surface area contributed by atoms with E-state index in [0.717, 1.165) is 18.7 Å². The standard InChI is InChI=1S/C13H15N5O2S/c19-12(8-1-2-8)17-11-4-3-9(21-11)13(20)14-6-5-10-15-7-16-18-10/h3-4,7-8H,1-2,5-6H2,(H,14,20)(H,17,19)(H,15,16,18). The molecule has 2 aromatic rings. The summed E-state index contributed by atoms with van der Waals surface area (Å²) in [5, 5.41) is 12.8. The molecule has 2 aromatic heterocycles. The van der Waals surface area contributed by atoms with E-state index in [9.17, 15) is 9.59 Å². The van der Waals surface area contributed by atoms with Crippen molar-refractivity contribution in [2.24, 2.45) is 5.92 Å². The van der Waals surface area contributed by atoms with E-state index in [1.807, 2.05) is 0 Å². The lowest BCUT2D eigenvalue weighted by Crippen LogP contribution is -2.25. The first-order valence-electron chi connectivity index (χ1n) is 6.75. The monoisotopic (exact) mass is 305 g/mol. The minimum Gasteiger partial charge on any atom is -0.351 e. The minimum absolute atomic E-state index is 0.0501. The number of H-pyrrole nitrogens is 1. The summed E-state index contributed by atoms with van der Waals surface area (Å²) in [7, 11) is 0. The first kappa shape index (κ1) is 13.7. The summed E-state index contributed by atoms with van der Waals surface area (Å²) in [5.74, 6) is 0.797. The number of nitrogens with one attached hydrogen (secondary N) is 3. The number of aromatic amines is 1. The second kappa shape index (κ2) is 6.04. The van der Waals surface area contributed by atoms with Gasteiger partial charge in [0.15, 0.2) is 0 Å². The molecule has 1 aliphatic carbocycles. The van der Waals surface area contributed by atoms with Crippen LogP contribution >= 0.6 is 11.3 Å². The van der Waals surface area contributed by atoms with Crippen molar-refractivity contribution in [2.75, 3.05) is 11.9 Å². The number of hydrogen-bond acceptors (Lipinski definition) is 5. The van der Waals surface area contributed by atoms with Crippen molar-refractivity contribution in [1.29, 1.82) is 0 Å². The van der Waals surface area contributed by atoms with Crippen LogP contribution in [0.15, 0.2) is 18.5 Å². The predicted molar refractivity (Wildman–Crippen MR) is 78.1 cm³/mol. The summed E-state index contributed by atoms with van der Waals surface area (Å²) in [5.41, 5.74) is 0. The molecule has 0 atom stereocenters. The molecule has 0 aromatic carbocycles. The molecule has 1 saturated carbocycles. The molecule has 0 spiro atoms. The lowest BCUT2D eigenvalue weighted by atomic mass is 10.3. The SMILES string of the molecule is O=C(NCCc1ncn[nH]1)c1ccc(NC(=O)C2CC2)s1. The Morgan fingerprint density at radius 3 is 2.95 bits per heavy atom. The molecule has 2 amide bonds. The van der Waals surface area contributed by atoms with E-state index in [4.69, 9.17) is 0 Å². The van der Waals surface area contributed by atoms with Crippen molar-refractivity contribution in [3.63, 3.8) is 0 Å². The lowest BCUT2D eigenvalue weighted by Gasteiger charge is -2.01. The normalized spacial score (nSPS) is 13.9. The van der Waals surface area contributed by atoms with E-state index in [2.05, 4.69) is 25.8 Å². The van der Waals surface area contributed by atoms with Gasteiger partial charge in [-0.15, -0.1) is 11.3 Å². The Kier molecular flexibility index (Phi) is 3.96. The van der Waals surface area contributed by atoms with Crippen LogP contribution in [-0.4, -0.2) is 33.5 Å². The van der Waals surface area contributed by atoms with Crippen LogP contribution < -0.4 is 10.6 Å². The summed E-state index contributed by atoms with van der Waals surface area (Å²) in [6.45, 7) is 0.482. The Morgan fingerprint density at radius 1 is 1.38 bits per heavy atom.